The van der Waals surface area contributed by atoms with Crippen molar-refractivity contribution < 1.29 is 14.7 Å². The summed E-state index contributed by atoms with van der Waals surface area (Å²) in [7, 11) is 0. The van der Waals surface area contributed by atoms with Gasteiger partial charge in [0.1, 0.15) is 0 Å². The van der Waals surface area contributed by atoms with E-state index in [1.54, 1.807) is 18.2 Å². The quantitative estimate of drug-likeness (QED) is 0.632. The molecule has 0 saturated heterocycles. The first-order valence-electron chi connectivity index (χ1n) is 7.60. The SMILES string of the molecule is CC(C)Cc1ccc(C(=O)C=Cc2ccc(C(=O)O)cc2)cc1. The molecule has 0 amide bonds. The van der Waals surface area contributed by atoms with Gasteiger partial charge in [0.25, 0.3) is 0 Å². The standard InChI is InChI=1S/C20H20O3/c1-14(2)13-16-5-8-17(9-6-16)19(21)12-7-15-3-10-18(11-4-15)20(22)23/h3-12,14H,13H2,1-2H3,(H,22,23). The van der Waals surface area contributed by atoms with E-state index in [9.17, 15) is 9.59 Å². The Bertz CT molecular complexity index is 708. The van der Waals surface area contributed by atoms with Crippen LogP contribution in [0.15, 0.2) is 54.6 Å². The highest BCUT2D eigenvalue weighted by Crippen LogP contribution is 2.12. The number of hydrogen-bond acceptors (Lipinski definition) is 2. The molecule has 0 aromatic heterocycles. The highest BCUT2D eigenvalue weighted by molar-refractivity contribution is 6.06. The Labute approximate surface area is 136 Å². The number of carbonyl (C=O) groups excluding carboxylic acids is 1. The first-order valence-corrected chi connectivity index (χ1v) is 7.60. The third kappa shape index (κ3) is 4.92. The van der Waals surface area contributed by atoms with E-state index in [0.717, 1.165) is 12.0 Å². The second-order valence-electron chi connectivity index (χ2n) is 5.92. The predicted octanol–water partition coefficient (Wildman–Crippen LogP) is 4.48. The molecule has 0 saturated carbocycles. The van der Waals surface area contributed by atoms with Crippen LogP contribution in [-0.4, -0.2) is 16.9 Å². The van der Waals surface area contributed by atoms with E-state index in [2.05, 4.69) is 13.8 Å². The van der Waals surface area contributed by atoms with Crippen LogP contribution in [0.4, 0.5) is 0 Å². The zero-order valence-electron chi connectivity index (χ0n) is 13.3. The molecule has 0 unspecified atom stereocenters. The fraction of sp³-hybridized carbons (Fsp3) is 0.200. The first kappa shape index (κ1) is 16.7. The third-order valence-electron chi connectivity index (χ3n) is 3.47. The van der Waals surface area contributed by atoms with Crippen LogP contribution in [0.25, 0.3) is 6.08 Å². The van der Waals surface area contributed by atoms with E-state index < -0.39 is 5.97 Å². The Morgan fingerprint density at radius 3 is 2.04 bits per heavy atom. The molecular formula is C20H20O3. The minimum absolute atomic E-state index is 0.0663. The Hall–Kier alpha value is -2.68. The van der Waals surface area contributed by atoms with Crippen molar-refractivity contribution in [2.24, 2.45) is 5.92 Å². The number of carboxylic acids is 1. The lowest BCUT2D eigenvalue weighted by Gasteiger charge is -2.05. The van der Waals surface area contributed by atoms with Crippen molar-refractivity contribution >= 4 is 17.8 Å². The second-order valence-corrected chi connectivity index (χ2v) is 5.92. The number of rotatable bonds is 6. The maximum absolute atomic E-state index is 12.1. The number of carboxylic acid groups (broad SMARTS) is 1. The van der Waals surface area contributed by atoms with Gasteiger partial charge in [0.15, 0.2) is 5.78 Å². The topological polar surface area (TPSA) is 54.4 Å². The van der Waals surface area contributed by atoms with Gasteiger partial charge in [0.05, 0.1) is 5.56 Å². The molecule has 0 spiro atoms. The minimum atomic E-state index is -0.960. The lowest BCUT2D eigenvalue weighted by molar-refractivity contribution is 0.0696. The molecule has 0 atom stereocenters. The molecule has 0 aliphatic rings. The lowest BCUT2D eigenvalue weighted by atomic mass is 10.0. The molecule has 0 aliphatic carbocycles. The summed E-state index contributed by atoms with van der Waals surface area (Å²) in [5.41, 5.74) is 2.90. The van der Waals surface area contributed by atoms with E-state index in [4.69, 9.17) is 5.11 Å². The summed E-state index contributed by atoms with van der Waals surface area (Å²) >= 11 is 0. The molecule has 2 rings (SSSR count). The van der Waals surface area contributed by atoms with E-state index in [0.29, 0.717) is 11.5 Å². The Balaban J connectivity index is 2.04. The van der Waals surface area contributed by atoms with Gasteiger partial charge in [0.2, 0.25) is 0 Å². The first-order chi connectivity index (χ1) is 11.0. The van der Waals surface area contributed by atoms with Gasteiger partial charge < -0.3 is 5.11 Å². The molecule has 3 nitrogen and oxygen atoms in total. The highest BCUT2D eigenvalue weighted by Gasteiger charge is 2.04. The molecule has 23 heavy (non-hydrogen) atoms. The largest absolute Gasteiger partial charge is 0.478 e. The summed E-state index contributed by atoms with van der Waals surface area (Å²) in [4.78, 5) is 22.9. The normalized spacial score (nSPS) is 11.1. The molecule has 2 aromatic rings. The number of aromatic carboxylic acids is 1. The molecule has 0 aliphatic heterocycles. The summed E-state index contributed by atoms with van der Waals surface area (Å²) < 4.78 is 0. The lowest BCUT2D eigenvalue weighted by Crippen LogP contribution is -1.97. The van der Waals surface area contributed by atoms with Gasteiger partial charge in [-0.15, -0.1) is 0 Å². The van der Waals surface area contributed by atoms with Crippen molar-refractivity contribution in [3.63, 3.8) is 0 Å². The van der Waals surface area contributed by atoms with E-state index >= 15 is 0 Å². The number of ketones is 1. The van der Waals surface area contributed by atoms with Crippen molar-refractivity contribution in [2.75, 3.05) is 0 Å². The zero-order chi connectivity index (χ0) is 16.8. The van der Waals surface area contributed by atoms with Crippen molar-refractivity contribution in [3.05, 3.63) is 76.9 Å². The summed E-state index contributed by atoms with van der Waals surface area (Å²) in [5.74, 6) is -0.438. The molecule has 0 bridgehead atoms. The molecule has 0 fully saturated rings. The molecule has 0 radical (unpaired) electrons. The molecule has 3 heteroatoms. The van der Waals surface area contributed by atoms with Gasteiger partial charge in [-0.05, 0) is 41.7 Å². The van der Waals surface area contributed by atoms with Crippen LogP contribution < -0.4 is 0 Å². The fourth-order valence-electron chi connectivity index (χ4n) is 2.28. The molecule has 0 heterocycles. The predicted molar refractivity (Wildman–Crippen MR) is 91.7 cm³/mol. The average Bonchev–Trinajstić information content (AvgIpc) is 2.53. The van der Waals surface area contributed by atoms with Crippen LogP contribution in [0, 0.1) is 5.92 Å². The van der Waals surface area contributed by atoms with Gasteiger partial charge in [-0.2, -0.15) is 0 Å². The van der Waals surface area contributed by atoms with Gasteiger partial charge >= 0.3 is 5.97 Å². The van der Waals surface area contributed by atoms with Crippen LogP contribution in [0.2, 0.25) is 0 Å². The van der Waals surface area contributed by atoms with Crippen LogP contribution in [0.1, 0.15) is 45.7 Å². The highest BCUT2D eigenvalue weighted by atomic mass is 16.4. The van der Waals surface area contributed by atoms with Crippen molar-refractivity contribution in [1.29, 1.82) is 0 Å². The van der Waals surface area contributed by atoms with Gasteiger partial charge in [-0.25, -0.2) is 4.79 Å². The fourth-order valence-corrected chi connectivity index (χ4v) is 2.28. The zero-order valence-corrected chi connectivity index (χ0v) is 13.3. The number of benzene rings is 2. The maximum Gasteiger partial charge on any atom is 0.335 e. The summed E-state index contributed by atoms with van der Waals surface area (Å²) in [6.07, 6.45) is 4.20. The van der Waals surface area contributed by atoms with Crippen LogP contribution >= 0.6 is 0 Å². The molecule has 1 N–H and O–H groups in total. The average molecular weight is 308 g/mol. The van der Waals surface area contributed by atoms with E-state index in [1.807, 2.05) is 24.3 Å². The van der Waals surface area contributed by atoms with Crippen molar-refractivity contribution in [1.82, 2.24) is 0 Å². The van der Waals surface area contributed by atoms with Crippen molar-refractivity contribution in [2.45, 2.75) is 20.3 Å². The summed E-state index contributed by atoms with van der Waals surface area (Å²) in [6.45, 7) is 4.33. The Morgan fingerprint density at radius 2 is 1.52 bits per heavy atom. The van der Waals surface area contributed by atoms with Gasteiger partial charge in [-0.3, -0.25) is 4.79 Å². The monoisotopic (exact) mass is 308 g/mol. The number of allylic oxidation sites excluding steroid dienone is 1. The van der Waals surface area contributed by atoms with Gasteiger partial charge in [-0.1, -0.05) is 56.3 Å². The van der Waals surface area contributed by atoms with E-state index in [-0.39, 0.29) is 11.3 Å². The van der Waals surface area contributed by atoms with Gasteiger partial charge in [0, 0.05) is 5.56 Å². The molecule has 2 aromatic carbocycles. The van der Waals surface area contributed by atoms with E-state index in [1.165, 1.54) is 23.8 Å². The summed E-state index contributed by atoms with van der Waals surface area (Å²) in [6, 6.07) is 14.1. The minimum Gasteiger partial charge on any atom is -0.478 e. The summed E-state index contributed by atoms with van der Waals surface area (Å²) in [5, 5.41) is 8.85. The molecule has 118 valence electrons. The molecular weight excluding hydrogens is 288 g/mol. The van der Waals surface area contributed by atoms with Crippen LogP contribution in [-0.2, 0) is 6.42 Å². The van der Waals surface area contributed by atoms with Crippen LogP contribution in [0.5, 0.6) is 0 Å². The smallest absolute Gasteiger partial charge is 0.335 e. The maximum atomic E-state index is 12.1. The second kappa shape index (κ2) is 7.54. The van der Waals surface area contributed by atoms with Crippen molar-refractivity contribution in [3.8, 4) is 0 Å². The third-order valence-corrected chi connectivity index (χ3v) is 3.47. The Kier molecular flexibility index (Phi) is 5.47. The number of carbonyl (C=O) groups is 2. The Morgan fingerprint density at radius 1 is 0.957 bits per heavy atom. The number of hydrogen-bond donors (Lipinski definition) is 1. The van der Waals surface area contributed by atoms with Crippen LogP contribution in [0.3, 0.4) is 0 Å².